The van der Waals surface area contributed by atoms with Gasteiger partial charge >= 0.3 is 6.16 Å². The Labute approximate surface area is 99.8 Å². The Hall–Kier alpha value is -2.28. The molecule has 0 aliphatic carbocycles. The second-order valence-electron chi connectivity index (χ2n) is 3.39. The molecule has 4 nitrogen and oxygen atoms in total. The van der Waals surface area contributed by atoms with Gasteiger partial charge in [0.15, 0.2) is 0 Å². The van der Waals surface area contributed by atoms with Gasteiger partial charge in [-0.15, -0.1) is 0 Å². The first-order valence-corrected chi connectivity index (χ1v) is 5.22. The van der Waals surface area contributed by atoms with E-state index in [4.69, 9.17) is 10.4 Å². The summed E-state index contributed by atoms with van der Waals surface area (Å²) in [5.74, 6) is 0. The molecule has 1 aromatic carbocycles. The van der Waals surface area contributed by atoms with Crippen LogP contribution in [-0.4, -0.2) is 17.9 Å². The Kier molecular flexibility index (Phi) is 5.32. The number of nitriles is 1. The van der Waals surface area contributed by atoms with Crippen molar-refractivity contribution in [2.24, 2.45) is 0 Å². The highest BCUT2D eigenvalue weighted by Gasteiger charge is 1.94. The van der Waals surface area contributed by atoms with E-state index in [0.717, 1.165) is 12.0 Å². The third-order valence-corrected chi connectivity index (χ3v) is 2.09. The normalized spacial score (nSPS) is 10.1. The number of hydrogen-bond acceptors (Lipinski definition) is 3. The van der Waals surface area contributed by atoms with Crippen LogP contribution in [0, 0.1) is 11.3 Å². The van der Waals surface area contributed by atoms with Crippen LogP contribution in [0.4, 0.5) is 4.79 Å². The van der Waals surface area contributed by atoms with E-state index in [9.17, 15) is 4.79 Å². The van der Waals surface area contributed by atoms with E-state index in [1.54, 1.807) is 6.07 Å². The molecule has 0 aromatic heterocycles. The van der Waals surface area contributed by atoms with Crippen molar-refractivity contribution in [3.05, 3.63) is 47.5 Å². The molecule has 0 atom stereocenters. The third-order valence-electron chi connectivity index (χ3n) is 2.09. The number of carboxylic acid groups (broad SMARTS) is 1. The van der Waals surface area contributed by atoms with E-state index in [-0.39, 0.29) is 6.61 Å². The van der Waals surface area contributed by atoms with Crippen LogP contribution >= 0.6 is 0 Å². The first kappa shape index (κ1) is 12.8. The molecule has 0 bridgehead atoms. The SMILES string of the molecule is N#Cc1cccc(CC=CCCOC(=O)O)c1. The maximum Gasteiger partial charge on any atom is 0.505 e. The summed E-state index contributed by atoms with van der Waals surface area (Å²) >= 11 is 0. The topological polar surface area (TPSA) is 70.3 Å². The Balaban J connectivity index is 2.32. The lowest BCUT2D eigenvalue weighted by molar-refractivity contribution is 0.0932. The van der Waals surface area contributed by atoms with Crippen LogP contribution in [0.2, 0.25) is 0 Å². The first-order chi connectivity index (χ1) is 8.22. The predicted molar refractivity (Wildman–Crippen MR) is 62.6 cm³/mol. The molecule has 1 aromatic rings. The van der Waals surface area contributed by atoms with Crippen LogP contribution < -0.4 is 0 Å². The fourth-order valence-corrected chi connectivity index (χ4v) is 1.32. The van der Waals surface area contributed by atoms with Crippen LogP contribution in [0.5, 0.6) is 0 Å². The van der Waals surface area contributed by atoms with E-state index in [1.165, 1.54) is 0 Å². The van der Waals surface area contributed by atoms with Crippen molar-refractivity contribution in [1.29, 1.82) is 5.26 Å². The van der Waals surface area contributed by atoms with Gasteiger partial charge < -0.3 is 9.84 Å². The number of rotatable bonds is 5. The Morgan fingerprint density at radius 3 is 3.00 bits per heavy atom. The van der Waals surface area contributed by atoms with E-state index in [2.05, 4.69) is 10.8 Å². The van der Waals surface area contributed by atoms with Gasteiger partial charge in [0.1, 0.15) is 0 Å². The van der Waals surface area contributed by atoms with Crippen molar-refractivity contribution >= 4 is 6.16 Å². The van der Waals surface area contributed by atoms with E-state index in [1.807, 2.05) is 30.4 Å². The number of nitrogens with zero attached hydrogens (tertiary/aromatic N) is 1. The van der Waals surface area contributed by atoms with Gasteiger partial charge in [-0.2, -0.15) is 5.26 Å². The molecule has 0 saturated carbocycles. The largest absolute Gasteiger partial charge is 0.505 e. The van der Waals surface area contributed by atoms with Gasteiger partial charge in [0, 0.05) is 0 Å². The van der Waals surface area contributed by atoms with Gasteiger partial charge in [-0.05, 0) is 30.5 Å². The van der Waals surface area contributed by atoms with Crippen molar-refractivity contribution in [1.82, 2.24) is 0 Å². The van der Waals surface area contributed by atoms with Gasteiger partial charge in [-0.25, -0.2) is 4.79 Å². The molecule has 0 fully saturated rings. The molecule has 88 valence electrons. The standard InChI is InChI=1S/C13H13NO3/c14-10-12-7-4-6-11(9-12)5-2-1-3-8-17-13(15)16/h1-2,4,6-7,9H,3,5,8H2,(H,15,16). The summed E-state index contributed by atoms with van der Waals surface area (Å²) in [6.07, 6.45) is 3.83. The van der Waals surface area contributed by atoms with Crippen molar-refractivity contribution < 1.29 is 14.6 Å². The highest BCUT2D eigenvalue weighted by Crippen LogP contribution is 2.05. The summed E-state index contributed by atoms with van der Waals surface area (Å²) in [6.45, 7) is 0.171. The summed E-state index contributed by atoms with van der Waals surface area (Å²) in [5.41, 5.74) is 1.70. The van der Waals surface area contributed by atoms with Crippen molar-refractivity contribution in [2.45, 2.75) is 12.8 Å². The number of carbonyl (C=O) groups is 1. The van der Waals surface area contributed by atoms with Gasteiger partial charge in [-0.3, -0.25) is 0 Å². The van der Waals surface area contributed by atoms with E-state index < -0.39 is 6.16 Å². The lowest BCUT2D eigenvalue weighted by atomic mass is 10.1. The zero-order valence-corrected chi connectivity index (χ0v) is 9.30. The molecular formula is C13H13NO3. The minimum atomic E-state index is -1.25. The lowest BCUT2D eigenvalue weighted by Gasteiger charge is -1.97. The highest BCUT2D eigenvalue weighted by molar-refractivity contribution is 5.56. The van der Waals surface area contributed by atoms with Crippen molar-refractivity contribution in [2.75, 3.05) is 6.61 Å². The molecule has 0 unspecified atom stereocenters. The predicted octanol–water partition coefficient (Wildman–Crippen LogP) is 2.74. The minimum absolute atomic E-state index is 0.171. The molecule has 4 heteroatoms. The van der Waals surface area contributed by atoms with E-state index >= 15 is 0 Å². The third kappa shape index (κ3) is 5.38. The Bertz CT molecular complexity index is 446. The second kappa shape index (κ2) is 7.07. The van der Waals surface area contributed by atoms with Gasteiger partial charge in [0.05, 0.1) is 18.2 Å². The number of allylic oxidation sites excluding steroid dienone is 1. The average Bonchev–Trinajstić information content (AvgIpc) is 2.33. The zero-order valence-electron chi connectivity index (χ0n) is 9.30. The fraction of sp³-hybridized carbons (Fsp3) is 0.231. The van der Waals surface area contributed by atoms with Gasteiger partial charge in [0.2, 0.25) is 0 Å². The Morgan fingerprint density at radius 1 is 1.47 bits per heavy atom. The van der Waals surface area contributed by atoms with Gasteiger partial charge in [-0.1, -0.05) is 24.3 Å². The molecule has 1 rings (SSSR count). The van der Waals surface area contributed by atoms with Crippen LogP contribution in [0.15, 0.2) is 36.4 Å². The lowest BCUT2D eigenvalue weighted by Crippen LogP contribution is -2.00. The number of benzene rings is 1. The quantitative estimate of drug-likeness (QED) is 0.480. The average molecular weight is 231 g/mol. The van der Waals surface area contributed by atoms with Crippen LogP contribution in [-0.2, 0) is 11.2 Å². The monoisotopic (exact) mass is 231 g/mol. The zero-order chi connectivity index (χ0) is 12.5. The molecule has 17 heavy (non-hydrogen) atoms. The number of hydrogen-bond donors (Lipinski definition) is 1. The second-order valence-corrected chi connectivity index (χ2v) is 3.39. The minimum Gasteiger partial charge on any atom is -0.450 e. The van der Waals surface area contributed by atoms with Crippen molar-refractivity contribution in [3.8, 4) is 6.07 Å². The molecule has 0 amide bonds. The molecule has 0 spiro atoms. The van der Waals surface area contributed by atoms with E-state index in [0.29, 0.717) is 12.0 Å². The first-order valence-electron chi connectivity index (χ1n) is 5.22. The molecule has 0 saturated heterocycles. The summed E-state index contributed by atoms with van der Waals surface area (Å²) in [4.78, 5) is 10.0. The summed E-state index contributed by atoms with van der Waals surface area (Å²) in [7, 11) is 0. The van der Waals surface area contributed by atoms with Crippen LogP contribution in [0.3, 0.4) is 0 Å². The van der Waals surface area contributed by atoms with Gasteiger partial charge in [0.25, 0.3) is 0 Å². The molecule has 0 aliphatic heterocycles. The Morgan fingerprint density at radius 2 is 2.29 bits per heavy atom. The van der Waals surface area contributed by atoms with Crippen LogP contribution in [0.1, 0.15) is 17.5 Å². The molecule has 1 N–H and O–H groups in total. The summed E-state index contributed by atoms with van der Waals surface area (Å²) < 4.78 is 4.35. The smallest absolute Gasteiger partial charge is 0.450 e. The molecule has 0 radical (unpaired) electrons. The van der Waals surface area contributed by atoms with Crippen molar-refractivity contribution in [3.63, 3.8) is 0 Å². The molecule has 0 heterocycles. The maximum atomic E-state index is 10.0. The highest BCUT2D eigenvalue weighted by atomic mass is 16.7. The summed E-state index contributed by atoms with van der Waals surface area (Å²) in [6, 6.07) is 9.46. The maximum absolute atomic E-state index is 10.0. The summed E-state index contributed by atoms with van der Waals surface area (Å²) in [5, 5.41) is 16.9. The fourth-order valence-electron chi connectivity index (χ4n) is 1.32. The molecular weight excluding hydrogens is 218 g/mol. The molecule has 0 aliphatic rings. The number of ether oxygens (including phenoxy) is 1. The van der Waals surface area contributed by atoms with Crippen LogP contribution in [0.25, 0.3) is 0 Å².